The van der Waals surface area contributed by atoms with E-state index in [4.69, 9.17) is 28.7 Å². The van der Waals surface area contributed by atoms with Gasteiger partial charge in [-0.15, -0.1) is 0 Å². The number of rotatable bonds is 19. The highest BCUT2D eigenvalue weighted by molar-refractivity contribution is 14.1. The molecule has 0 spiro atoms. The molecule has 0 aromatic heterocycles. The first kappa shape index (κ1) is 60.9. The van der Waals surface area contributed by atoms with Crippen LogP contribution in [0.1, 0.15) is 68.9 Å². The molecule has 4 rings (SSSR count). The number of Topliss-reactive ketones (excluding diaryl/α,β-unsaturated/α-hetero) is 1. The molecule has 2 aromatic rings. The van der Waals surface area contributed by atoms with E-state index < -0.39 is 133 Å². The van der Waals surface area contributed by atoms with Crippen molar-refractivity contribution < 1.29 is 57.8 Å². The normalized spacial score (nSPS) is 21.7. The van der Waals surface area contributed by atoms with Crippen molar-refractivity contribution in [3.63, 3.8) is 0 Å². The zero-order chi connectivity index (χ0) is 55.2. The minimum atomic E-state index is -1.52. The number of phenols is 1. The van der Waals surface area contributed by atoms with Crippen molar-refractivity contribution in [2.45, 2.75) is 107 Å². The standard InChI is InChI=1S/C47H64IN13O12S2/c48-28-18-26(10-12-35(28)62)20-31-43(70)59-32(19-25-6-2-1-3-7-25)44(71)57-29(11-13-37(49)64)36(63)21-27(22-38(50)65)41(68)60-33(24-75-74-17-14-40(67)56-31)46(73)61-16-5-9-34(61)45(72)58-30(8-4-15-54-47(52)53)42(69)55-23-39(51)66/h1-3,6-7,10,12,18,27,29-34,62H,4-5,8-9,11,13-17,19-24H2,(H2,49,64)(H2,50,65)(H2,51,66)(H,55,69)(H,56,67)(H,57,71)(H,58,72)(H,59,70)(H,60,68)(H4,52,53,54)/t27-,29-,30+,31-,32-,33-,34-/m0/s1. The minimum absolute atomic E-state index is 0.00365. The molecule has 75 heavy (non-hydrogen) atoms. The number of likely N-dealkylation sites (tertiary alicyclic amines) is 1. The Hall–Kier alpha value is -6.69. The summed E-state index contributed by atoms with van der Waals surface area (Å²) in [4.78, 5) is 154. The summed E-state index contributed by atoms with van der Waals surface area (Å²) >= 11 is 1.92. The van der Waals surface area contributed by atoms with Gasteiger partial charge in [0.1, 0.15) is 36.0 Å². The van der Waals surface area contributed by atoms with Crippen molar-refractivity contribution in [2.75, 3.05) is 31.1 Å². The number of amides is 10. The number of primary amides is 3. The zero-order valence-electron chi connectivity index (χ0n) is 40.9. The van der Waals surface area contributed by atoms with Crippen LogP contribution >= 0.6 is 44.2 Å². The molecule has 28 heteroatoms. The Morgan fingerprint density at radius 3 is 2.15 bits per heavy atom. The van der Waals surface area contributed by atoms with Crippen LogP contribution in [-0.4, -0.2) is 148 Å². The number of nitrogens with one attached hydrogen (secondary N) is 6. The highest BCUT2D eigenvalue weighted by Gasteiger charge is 2.40. The fourth-order valence-corrected chi connectivity index (χ4v) is 10.8. The minimum Gasteiger partial charge on any atom is -0.507 e. The number of halogens is 1. The molecule has 25 nitrogen and oxygen atoms in total. The second-order valence-corrected chi connectivity index (χ2v) is 21.6. The van der Waals surface area contributed by atoms with Gasteiger partial charge < -0.3 is 70.6 Å². The van der Waals surface area contributed by atoms with E-state index in [-0.39, 0.29) is 81.3 Å². The van der Waals surface area contributed by atoms with Crippen LogP contribution in [-0.2, 0) is 65.6 Å². The zero-order valence-corrected chi connectivity index (χ0v) is 44.7. The largest absolute Gasteiger partial charge is 0.507 e. The quantitative estimate of drug-likeness (QED) is 0.0225. The molecule has 2 aromatic carbocycles. The molecule has 0 radical (unpaired) electrons. The van der Waals surface area contributed by atoms with E-state index in [1.807, 2.05) is 22.6 Å². The third kappa shape index (κ3) is 20.9. The molecule has 0 aliphatic carbocycles. The maximum atomic E-state index is 14.6. The number of ketones is 1. The fraction of sp³-hybridized carbons (Fsp3) is 0.489. The topological polar surface area (TPSA) is 426 Å². The highest BCUT2D eigenvalue weighted by atomic mass is 127. The van der Waals surface area contributed by atoms with Crippen molar-refractivity contribution >= 4 is 115 Å². The first-order valence-electron chi connectivity index (χ1n) is 23.9. The molecule has 7 atom stereocenters. The summed E-state index contributed by atoms with van der Waals surface area (Å²) in [5.74, 6) is -10.6. The number of hydrogen-bond donors (Lipinski definition) is 12. The van der Waals surface area contributed by atoms with Gasteiger partial charge in [-0.2, -0.15) is 0 Å². The Balaban J connectivity index is 1.69. The van der Waals surface area contributed by atoms with Gasteiger partial charge in [-0.25, -0.2) is 0 Å². The van der Waals surface area contributed by atoms with Crippen molar-refractivity contribution in [3.05, 3.63) is 63.2 Å². The molecule has 2 fully saturated rings. The Morgan fingerprint density at radius 2 is 1.49 bits per heavy atom. The lowest BCUT2D eigenvalue weighted by Crippen LogP contribution is -2.58. The summed E-state index contributed by atoms with van der Waals surface area (Å²) in [5, 5.41) is 25.9. The number of guanidine groups is 1. The van der Waals surface area contributed by atoms with Crippen LogP contribution in [0.15, 0.2) is 53.5 Å². The molecule has 2 heterocycles. The molecular formula is C47H64IN13O12S2. The summed E-state index contributed by atoms with van der Waals surface area (Å²) in [6, 6.07) is 5.28. The number of phenolic OH excluding ortho intramolecular Hbond substituents is 1. The molecule has 408 valence electrons. The summed E-state index contributed by atoms with van der Waals surface area (Å²) < 4.78 is 0.475. The Labute approximate surface area is 453 Å². The summed E-state index contributed by atoms with van der Waals surface area (Å²) in [5.41, 5.74) is 28.3. The number of carbonyl (C=O) groups excluding carboxylic acids is 11. The predicted octanol–water partition coefficient (Wildman–Crippen LogP) is -2.65. The van der Waals surface area contributed by atoms with Crippen molar-refractivity contribution in [1.82, 2.24) is 36.8 Å². The van der Waals surface area contributed by atoms with Gasteiger partial charge in [-0.1, -0.05) is 58.0 Å². The van der Waals surface area contributed by atoms with Gasteiger partial charge in [0.05, 0.1) is 22.1 Å². The maximum absolute atomic E-state index is 14.6. The molecule has 0 unspecified atom stereocenters. The van der Waals surface area contributed by atoms with Gasteiger partial charge in [0.2, 0.25) is 59.1 Å². The summed E-state index contributed by atoms with van der Waals surface area (Å²) in [6.07, 6.45) is -1.79. The first-order chi connectivity index (χ1) is 35.6. The Kier molecular flexibility index (Phi) is 24.8. The number of aromatic hydroxyl groups is 1. The molecule has 2 saturated heterocycles. The second kappa shape index (κ2) is 30.6. The number of nitrogens with two attached hydrogens (primary N) is 5. The average molecular weight is 1190 g/mol. The van der Waals surface area contributed by atoms with Crippen LogP contribution in [0.25, 0.3) is 0 Å². The fourth-order valence-electron chi connectivity index (χ4n) is 8.09. The molecular weight excluding hydrogens is 1130 g/mol. The Bertz CT molecular complexity index is 2450. The van der Waals surface area contributed by atoms with Crippen LogP contribution in [0.4, 0.5) is 0 Å². The van der Waals surface area contributed by atoms with Crippen LogP contribution < -0.4 is 60.6 Å². The first-order valence-corrected chi connectivity index (χ1v) is 27.5. The highest BCUT2D eigenvalue weighted by Crippen LogP contribution is 2.27. The van der Waals surface area contributed by atoms with Gasteiger partial charge in [-0.3, -0.25) is 57.7 Å². The molecule has 17 N–H and O–H groups in total. The number of carbonyl (C=O) groups is 11. The second-order valence-electron chi connectivity index (χ2n) is 17.8. The molecule has 0 saturated carbocycles. The van der Waals surface area contributed by atoms with Crippen molar-refractivity contribution in [2.24, 2.45) is 39.6 Å². The van der Waals surface area contributed by atoms with Gasteiger partial charge in [-0.05, 0) is 78.0 Å². The van der Waals surface area contributed by atoms with Gasteiger partial charge >= 0.3 is 0 Å². The van der Waals surface area contributed by atoms with E-state index in [0.717, 1.165) is 21.6 Å². The maximum Gasteiger partial charge on any atom is 0.246 e. The lowest BCUT2D eigenvalue weighted by molar-refractivity contribution is -0.142. The van der Waals surface area contributed by atoms with Crippen LogP contribution in [0.5, 0.6) is 5.75 Å². The van der Waals surface area contributed by atoms with Crippen LogP contribution in [0, 0.1) is 9.49 Å². The van der Waals surface area contributed by atoms with Gasteiger partial charge in [0.25, 0.3) is 0 Å². The third-order valence-electron chi connectivity index (χ3n) is 11.9. The van der Waals surface area contributed by atoms with E-state index in [1.165, 1.54) is 11.0 Å². The molecule has 0 bridgehead atoms. The molecule has 10 amide bonds. The van der Waals surface area contributed by atoms with Gasteiger partial charge in [0.15, 0.2) is 11.7 Å². The SMILES string of the molecule is NC(=O)CC[C@@H]1NC(=O)[C@H](Cc2ccccc2)NC(=O)[C@H](Cc2ccc(O)c(I)c2)NC(=O)CCSSC[C@@H](C(=O)N2CCC[C@H]2C(=O)N[C@H](CCCN=C(N)N)C(=O)NCC(N)=O)NC(=O)[C@H](CC(N)=O)CC1=O. The van der Waals surface area contributed by atoms with Gasteiger partial charge in [0, 0.05) is 63.1 Å². The van der Waals surface area contributed by atoms with E-state index in [1.54, 1.807) is 42.5 Å². The molecule has 2 aliphatic rings. The van der Waals surface area contributed by atoms with Crippen molar-refractivity contribution in [1.29, 1.82) is 0 Å². The predicted molar refractivity (Wildman–Crippen MR) is 286 cm³/mol. The number of aliphatic imine (C=N–C) groups is 1. The Morgan fingerprint density at radius 1 is 0.813 bits per heavy atom. The van der Waals surface area contributed by atoms with Crippen molar-refractivity contribution in [3.8, 4) is 5.75 Å². The van der Waals surface area contributed by atoms with Crippen LogP contribution in [0.2, 0.25) is 0 Å². The lowest BCUT2D eigenvalue weighted by Gasteiger charge is -2.30. The number of benzene rings is 2. The third-order valence-corrected chi connectivity index (χ3v) is 15.1. The van der Waals surface area contributed by atoms with E-state index >= 15 is 0 Å². The summed E-state index contributed by atoms with van der Waals surface area (Å²) in [6.45, 7) is -0.378. The average Bonchev–Trinajstić information content (AvgIpc) is 3.85. The number of nitrogens with zero attached hydrogens (tertiary/aromatic N) is 2. The van der Waals surface area contributed by atoms with E-state index in [0.29, 0.717) is 21.1 Å². The van der Waals surface area contributed by atoms with E-state index in [9.17, 15) is 57.8 Å². The van der Waals surface area contributed by atoms with E-state index in [2.05, 4.69) is 36.9 Å². The lowest BCUT2D eigenvalue weighted by atomic mass is 9.92. The number of hydrogen-bond acceptors (Lipinski definition) is 15. The smallest absolute Gasteiger partial charge is 0.246 e. The molecule has 2 aliphatic heterocycles. The monoisotopic (exact) mass is 1190 g/mol. The van der Waals surface area contributed by atoms with Crippen LogP contribution in [0.3, 0.4) is 0 Å². The summed E-state index contributed by atoms with van der Waals surface area (Å²) in [7, 11) is 2.23.